The highest BCUT2D eigenvalue weighted by atomic mass is 32.2. The number of aromatic nitrogens is 2. The fourth-order valence-electron chi connectivity index (χ4n) is 13.6. The minimum atomic E-state index is -2.13. The summed E-state index contributed by atoms with van der Waals surface area (Å²) < 4.78 is 13.0. The van der Waals surface area contributed by atoms with Gasteiger partial charge in [-0.3, -0.25) is 87.5 Å². The molecule has 44 nitrogen and oxygen atoms in total. The number of phenols is 1. The van der Waals surface area contributed by atoms with Crippen LogP contribution >= 0.6 is 11.8 Å². The van der Waals surface area contributed by atoms with Crippen LogP contribution in [0.1, 0.15) is 81.0 Å². The number of carboxylic acid groups (broad SMARTS) is 5. The van der Waals surface area contributed by atoms with Crippen LogP contribution in [0.4, 0.5) is 0 Å². The second-order valence-electron chi connectivity index (χ2n) is 28.9. The number of fused-ring (bicyclic) bond motifs is 5. The number of cyclic esters (lactones) is 1. The molecule has 2 aliphatic heterocycles. The number of nitrogens with one attached hydrogen (secondary N) is 6. The van der Waals surface area contributed by atoms with Crippen molar-refractivity contribution < 1.29 is 137 Å². The van der Waals surface area contributed by atoms with Crippen LogP contribution in [0.2, 0.25) is 0 Å². The Labute approximate surface area is 696 Å². The second kappa shape index (κ2) is 48.4. The quantitative estimate of drug-likeness (QED) is 0.00744. The van der Waals surface area contributed by atoms with E-state index in [2.05, 4.69) is 31.9 Å². The minimum absolute atomic E-state index is 0.0279. The lowest BCUT2D eigenvalue weighted by molar-refractivity contribution is -0.308. The lowest BCUT2D eigenvalue weighted by Gasteiger charge is -2.35. The molecule has 6 amide bonds. The maximum absolute atomic E-state index is 14.9. The van der Waals surface area contributed by atoms with Crippen molar-refractivity contribution in [2.24, 2.45) is 5.73 Å². The number of benzene rings is 2. The van der Waals surface area contributed by atoms with Crippen molar-refractivity contribution in [2.75, 3.05) is 142 Å². The lowest BCUT2D eigenvalue weighted by Crippen LogP contribution is -2.58. The SMILES string of the molecule is CC[C@@]1(OC(=O)CSCC(NC(C)=O)C(=O)NC(CCCCNC(=O)CN(CCN(CCN(CC(=O)[O-])CC(=O)[OH2+])CC(=O)[O-])CC(=O)O)C(=O)NC(Cc2ccc(O)cc2)C(=O)NC(CCCCNC(O)CN(CCN(CCN(CC(=O)[OH2+])CC(=O)[OH2+])CC(=O)O)CC(=O)O)C(N)=O)C(=O)OCc2c1cc1n(c2=O)Cc2cc3ccccc3nc2-1. The summed E-state index contributed by atoms with van der Waals surface area (Å²) in [7, 11) is 0. The summed E-state index contributed by atoms with van der Waals surface area (Å²) in [6.07, 6.45) is -2.02. The number of aliphatic hydroxyl groups is 1. The number of carbonyl (C=O) groups is 16. The zero-order valence-corrected chi connectivity index (χ0v) is 67.5. The van der Waals surface area contributed by atoms with Gasteiger partial charge >= 0.3 is 47.8 Å². The number of hydrogen-bond donors (Lipinski definition) is 12. The Bertz CT molecular complexity index is 4410. The van der Waals surface area contributed by atoms with E-state index < -0.39 is 214 Å². The molecule has 0 saturated carbocycles. The Morgan fingerprint density at radius 2 is 1.13 bits per heavy atom. The molecule has 662 valence electrons. The molecule has 2 aliphatic rings. The molecule has 0 spiro atoms. The molecule has 6 rings (SSSR count). The van der Waals surface area contributed by atoms with Crippen LogP contribution < -0.4 is 53.4 Å². The van der Waals surface area contributed by atoms with Crippen molar-refractivity contribution in [1.29, 1.82) is 0 Å². The number of primary amides is 1. The molecule has 0 bridgehead atoms. The normalized spacial score (nSPS) is 14.7. The zero-order chi connectivity index (χ0) is 89.2. The summed E-state index contributed by atoms with van der Waals surface area (Å²) in [4.78, 5) is 231. The number of carbonyl (C=O) groups excluding carboxylic acids is 13. The Balaban J connectivity index is 1.17. The number of amides is 6. The van der Waals surface area contributed by atoms with Gasteiger partial charge in [-0.05, 0) is 87.4 Å². The average Bonchev–Trinajstić information content (AvgIpc) is 1.59. The number of nitrogens with zero attached hydrogens (tertiary/aromatic N) is 8. The predicted molar refractivity (Wildman–Crippen MR) is 422 cm³/mol. The second-order valence-corrected chi connectivity index (χ2v) is 29.9. The summed E-state index contributed by atoms with van der Waals surface area (Å²) >= 11 is 0.763. The number of rotatable bonds is 59. The molecule has 121 heavy (non-hydrogen) atoms. The van der Waals surface area contributed by atoms with Crippen LogP contribution in [-0.4, -0.2) is 348 Å². The highest BCUT2D eigenvalue weighted by Gasteiger charge is 2.51. The van der Waals surface area contributed by atoms with Gasteiger partial charge in [0.2, 0.25) is 41.0 Å². The maximum atomic E-state index is 14.9. The van der Waals surface area contributed by atoms with E-state index in [-0.39, 0.29) is 147 Å². The number of para-hydroxylation sites is 1. The number of nitrogens with two attached hydrogens (primary N) is 1. The summed E-state index contributed by atoms with van der Waals surface area (Å²) in [6.45, 7) is -4.92. The number of pyridine rings is 2. The number of aromatic hydroxyl groups is 1. The van der Waals surface area contributed by atoms with Gasteiger partial charge in [0.25, 0.3) is 5.56 Å². The van der Waals surface area contributed by atoms with Crippen molar-refractivity contribution in [1.82, 2.24) is 70.9 Å². The molecule has 2 aromatic carbocycles. The van der Waals surface area contributed by atoms with Crippen molar-refractivity contribution in [3.8, 4) is 17.1 Å². The predicted octanol–water partition coefficient (Wildman–Crippen LogP) is -9.56. The van der Waals surface area contributed by atoms with Crippen LogP contribution in [0.25, 0.3) is 22.3 Å². The van der Waals surface area contributed by atoms with E-state index in [0.717, 1.165) is 39.4 Å². The largest absolute Gasteiger partial charge is 0.564 e. The van der Waals surface area contributed by atoms with E-state index >= 15 is 0 Å². The zero-order valence-electron chi connectivity index (χ0n) is 66.7. The molecular formula is C76H104N15O29S+. The molecule has 19 N–H and O–H groups in total. The smallest absolute Gasteiger partial charge is 0.530 e. The van der Waals surface area contributed by atoms with Gasteiger partial charge < -0.3 is 107 Å². The first-order valence-electron chi connectivity index (χ1n) is 38.5. The number of aliphatic hydroxyl groups excluding tert-OH is 1. The molecule has 0 fully saturated rings. The molecule has 0 saturated heterocycles. The molecule has 5 unspecified atom stereocenters. The summed E-state index contributed by atoms with van der Waals surface area (Å²) in [5, 5.41) is 111. The van der Waals surface area contributed by atoms with Crippen molar-refractivity contribution in [2.45, 2.75) is 114 Å². The Morgan fingerprint density at radius 3 is 1.71 bits per heavy atom. The number of aliphatic carboxylic acids is 5. The molecule has 4 aromatic rings. The number of ether oxygens (including phenoxy) is 2. The van der Waals surface area contributed by atoms with E-state index in [0.29, 0.717) is 22.5 Å². The first kappa shape index (κ1) is 98.0. The van der Waals surface area contributed by atoms with Gasteiger partial charge in [0.15, 0.2) is 19.6 Å². The van der Waals surface area contributed by atoms with Gasteiger partial charge in [-0.1, -0.05) is 37.3 Å². The average molecular weight is 1720 g/mol. The molecule has 2 aromatic heterocycles. The van der Waals surface area contributed by atoms with Crippen molar-refractivity contribution in [3.05, 3.63) is 93.3 Å². The summed E-state index contributed by atoms with van der Waals surface area (Å²) in [6, 6.07) is 10.0. The Morgan fingerprint density at radius 1 is 0.628 bits per heavy atom. The van der Waals surface area contributed by atoms with Gasteiger partial charge in [0, 0.05) is 129 Å². The molecular weight excluding hydrogens is 1620 g/mol. The first-order valence-corrected chi connectivity index (χ1v) is 39.7. The number of esters is 2. The third-order valence-electron chi connectivity index (χ3n) is 19.3. The summed E-state index contributed by atoms with van der Waals surface area (Å²) in [5.74, 6) is -19.0. The van der Waals surface area contributed by atoms with E-state index in [1.54, 1.807) is 25.1 Å². The highest BCUT2D eigenvalue weighted by molar-refractivity contribution is 8.00. The van der Waals surface area contributed by atoms with Crippen molar-refractivity contribution in [3.63, 3.8) is 0 Å². The van der Waals surface area contributed by atoms with Crippen LogP contribution in [0.15, 0.2) is 65.5 Å². The van der Waals surface area contributed by atoms with Gasteiger partial charge in [-0.15, -0.1) is 11.8 Å². The van der Waals surface area contributed by atoms with Crippen LogP contribution in [0.5, 0.6) is 5.75 Å². The summed E-state index contributed by atoms with van der Waals surface area (Å²) in [5.41, 5.74) is 5.93. The lowest BCUT2D eigenvalue weighted by atomic mass is 9.85. The number of unbranched alkanes of at least 4 members (excludes halogenated alkanes) is 2. The topological polar surface area (TPSA) is 660 Å². The maximum Gasteiger partial charge on any atom is 0.530 e. The molecule has 45 heteroatoms. The van der Waals surface area contributed by atoms with Crippen LogP contribution in [0, 0.1) is 0 Å². The van der Waals surface area contributed by atoms with E-state index in [1.165, 1.54) is 48.4 Å². The Kier molecular flexibility index (Phi) is 39.2. The highest BCUT2D eigenvalue weighted by Crippen LogP contribution is 2.41. The fourth-order valence-corrected chi connectivity index (χ4v) is 14.4. The number of phenolic OH excluding ortho intramolecular Hbond substituents is 1. The van der Waals surface area contributed by atoms with Crippen LogP contribution in [0.3, 0.4) is 0 Å². The number of thioether (sulfide) groups is 1. The standard InChI is InChI=1S/C76H103N15O29S/c1-3-76(51-30-57-69-48(29-47-10-4-5-11-52(47)81-69)31-91(57)74(117)50(51)42-119-75(76)118)120-68(112)44-121-43-56(80-45(2)92)73(116)83-54(13-7-9-19-79-59(95)33-88(37-63(102)103)25-21-86(35-61(98)99)23-27-90(40-66(108)109)41-67(110)111)71(114)84-55(28-46-14-16-49(93)17-15-46)72(115)82-53(70(77)113)12-6-8-18-78-58(94)32-87(36-62(100)101)24-20-85(34-60(96)97)22-26-89(38-64(104)105)39-65(106)107/h4-5,10-11,14-17,29-30,53-56,58,78,93-94H,3,6-9,12-13,18-28,31-44H2,1-2H3,(H2,77,113)(H,79,95)(H,80,92)(H,82,115)(H,83,116)(H,84,114)(H,96,97)(H,98,99)(H,100,101)(H,102,103)(H,104,105)(H,106,107)(H,108,109)(H,110,111)/p+1/t53?,54?,55?,56?,58?,76-/m0/s1. The third kappa shape index (κ3) is 33.0. The minimum Gasteiger partial charge on any atom is -0.564 e. The van der Waals surface area contributed by atoms with Gasteiger partial charge in [-0.2, -0.15) is 0 Å². The molecule has 6 atom stereocenters. The first-order chi connectivity index (χ1) is 57.3. The molecule has 0 aliphatic carbocycles. The van der Waals surface area contributed by atoms with E-state index in [4.69, 9.17) is 35.5 Å². The van der Waals surface area contributed by atoms with E-state index in [1.807, 2.05) is 18.2 Å². The molecule has 4 heterocycles. The number of carboxylic acids is 5. The van der Waals surface area contributed by atoms with Gasteiger partial charge in [-0.25, -0.2) is 9.78 Å². The Hall–Kier alpha value is -11.9. The van der Waals surface area contributed by atoms with E-state index in [9.17, 15) is 117 Å². The monoisotopic (exact) mass is 1720 g/mol. The fraction of sp³-hybridized carbons (Fsp3) is 0.526. The van der Waals surface area contributed by atoms with Gasteiger partial charge in [0.05, 0.1) is 72.9 Å². The van der Waals surface area contributed by atoms with Crippen LogP contribution in [-0.2, 0) is 111 Å². The van der Waals surface area contributed by atoms with Crippen molar-refractivity contribution >= 4 is 118 Å². The third-order valence-corrected chi connectivity index (χ3v) is 20.3. The van der Waals surface area contributed by atoms with Gasteiger partial charge in [0.1, 0.15) is 42.8 Å². The molecule has 0 radical (unpaired) electrons. The number of hydrogen-bond acceptors (Lipinski definition) is 32.